The van der Waals surface area contributed by atoms with Gasteiger partial charge in [-0.2, -0.15) is 0 Å². The number of halogens is 1. The van der Waals surface area contributed by atoms with E-state index in [4.69, 9.17) is 21.1 Å². The molecule has 0 bridgehead atoms. The minimum absolute atomic E-state index is 0.0720. The number of likely N-dealkylation sites (tertiary alicyclic amines) is 1. The zero-order valence-electron chi connectivity index (χ0n) is 15.3. The molecule has 3 aliphatic rings. The lowest BCUT2D eigenvalue weighted by atomic mass is 10.1. The maximum Gasteiger partial charge on any atom is 0.254 e. The molecule has 1 aromatic rings. The van der Waals surface area contributed by atoms with Crippen LogP contribution in [0.5, 0.6) is 11.5 Å². The van der Waals surface area contributed by atoms with Crippen LogP contribution in [0.3, 0.4) is 0 Å². The van der Waals surface area contributed by atoms with E-state index in [9.17, 15) is 9.59 Å². The molecule has 0 spiro atoms. The number of benzene rings is 1. The van der Waals surface area contributed by atoms with Crippen molar-refractivity contribution in [2.75, 3.05) is 52.6 Å². The van der Waals surface area contributed by atoms with Crippen molar-refractivity contribution >= 4 is 23.4 Å². The summed E-state index contributed by atoms with van der Waals surface area (Å²) in [6.07, 6.45) is 3.42. The predicted molar refractivity (Wildman–Crippen MR) is 100 cm³/mol. The van der Waals surface area contributed by atoms with Crippen LogP contribution in [-0.4, -0.2) is 79.1 Å². The monoisotopic (exact) mass is 393 g/mol. The van der Waals surface area contributed by atoms with Gasteiger partial charge in [-0.25, -0.2) is 0 Å². The molecule has 0 radical (unpaired) electrons. The van der Waals surface area contributed by atoms with Gasteiger partial charge in [0.05, 0.1) is 11.6 Å². The van der Waals surface area contributed by atoms with Crippen LogP contribution in [0.2, 0.25) is 5.02 Å². The van der Waals surface area contributed by atoms with Crippen molar-refractivity contribution in [1.29, 1.82) is 0 Å². The van der Waals surface area contributed by atoms with E-state index in [0.29, 0.717) is 54.8 Å². The summed E-state index contributed by atoms with van der Waals surface area (Å²) in [7, 11) is 0. The Morgan fingerprint density at radius 1 is 0.926 bits per heavy atom. The van der Waals surface area contributed by atoms with Crippen molar-refractivity contribution in [3.63, 3.8) is 0 Å². The fourth-order valence-corrected chi connectivity index (χ4v) is 4.08. The molecule has 2 amide bonds. The van der Waals surface area contributed by atoms with E-state index in [2.05, 4.69) is 4.90 Å². The molecule has 8 heteroatoms. The molecule has 0 atom stereocenters. The van der Waals surface area contributed by atoms with Gasteiger partial charge < -0.3 is 19.3 Å². The number of hydrogen-bond acceptors (Lipinski definition) is 5. The van der Waals surface area contributed by atoms with E-state index < -0.39 is 0 Å². The van der Waals surface area contributed by atoms with Crippen molar-refractivity contribution in [3.05, 3.63) is 22.7 Å². The molecule has 0 aromatic heterocycles. The first kappa shape index (κ1) is 18.4. The molecule has 0 unspecified atom stereocenters. The van der Waals surface area contributed by atoms with E-state index in [0.717, 1.165) is 25.9 Å². The number of carbonyl (C=O) groups is 2. The largest absolute Gasteiger partial charge is 0.454 e. The van der Waals surface area contributed by atoms with E-state index in [1.54, 1.807) is 17.0 Å². The molecule has 27 heavy (non-hydrogen) atoms. The Bertz CT molecular complexity index is 728. The van der Waals surface area contributed by atoms with Gasteiger partial charge in [0.15, 0.2) is 11.5 Å². The molecule has 0 aliphatic carbocycles. The standard InChI is InChI=1S/C19H24ClN3O4/c20-15-10-14(11-16-18(15)27-13-26-16)19(25)23-8-6-21(7-9-23)12-17(24)22-4-2-1-3-5-22/h10-11H,1-9,12-13H2. The van der Waals surface area contributed by atoms with Gasteiger partial charge in [0.25, 0.3) is 5.91 Å². The van der Waals surface area contributed by atoms with Gasteiger partial charge in [0.1, 0.15) is 0 Å². The number of amides is 2. The summed E-state index contributed by atoms with van der Waals surface area (Å²) < 4.78 is 10.6. The van der Waals surface area contributed by atoms with Gasteiger partial charge in [-0.3, -0.25) is 14.5 Å². The molecule has 146 valence electrons. The summed E-state index contributed by atoms with van der Waals surface area (Å²) in [4.78, 5) is 31.1. The van der Waals surface area contributed by atoms with Crippen LogP contribution < -0.4 is 9.47 Å². The van der Waals surface area contributed by atoms with Gasteiger partial charge in [0, 0.05) is 44.8 Å². The first-order chi connectivity index (χ1) is 13.1. The Morgan fingerprint density at radius 2 is 1.67 bits per heavy atom. The Kier molecular flexibility index (Phi) is 5.41. The van der Waals surface area contributed by atoms with Crippen LogP contribution in [0, 0.1) is 0 Å². The van der Waals surface area contributed by atoms with Crippen LogP contribution in [0.25, 0.3) is 0 Å². The first-order valence-corrected chi connectivity index (χ1v) is 9.88. The summed E-state index contributed by atoms with van der Waals surface area (Å²) in [6, 6.07) is 3.31. The minimum atomic E-state index is -0.0720. The van der Waals surface area contributed by atoms with E-state index in [1.807, 2.05) is 4.90 Å². The maximum absolute atomic E-state index is 12.8. The van der Waals surface area contributed by atoms with E-state index in [1.165, 1.54) is 6.42 Å². The summed E-state index contributed by atoms with van der Waals surface area (Å²) in [5.41, 5.74) is 0.502. The highest BCUT2D eigenvalue weighted by Crippen LogP contribution is 2.40. The number of nitrogens with zero attached hydrogens (tertiary/aromatic N) is 3. The first-order valence-electron chi connectivity index (χ1n) is 9.50. The molecule has 0 saturated carbocycles. The molecule has 2 saturated heterocycles. The minimum Gasteiger partial charge on any atom is -0.454 e. The highest BCUT2D eigenvalue weighted by molar-refractivity contribution is 6.32. The van der Waals surface area contributed by atoms with Crippen molar-refractivity contribution in [1.82, 2.24) is 14.7 Å². The second-order valence-corrected chi connectivity index (χ2v) is 7.61. The van der Waals surface area contributed by atoms with Gasteiger partial charge >= 0.3 is 0 Å². The molecule has 3 aliphatic heterocycles. The zero-order chi connectivity index (χ0) is 18.8. The van der Waals surface area contributed by atoms with Gasteiger partial charge in [-0.1, -0.05) is 11.6 Å². The Balaban J connectivity index is 1.32. The van der Waals surface area contributed by atoms with Crippen molar-refractivity contribution in [2.24, 2.45) is 0 Å². The lowest BCUT2D eigenvalue weighted by Crippen LogP contribution is -2.52. The normalized spacial score (nSPS) is 20.0. The zero-order valence-corrected chi connectivity index (χ0v) is 16.0. The number of piperazine rings is 1. The number of piperidine rings is 1. The van der Waals surface area contributed by atoms with Crippen LogP contribution in [0.15, 0.2) is 12.1 Å². The molecule has 0 N–H and O–H groups in total. The molecule has 2 fully saturated rings. The van der Waals surface area contributed by atoms with Gasteiger partial charge in [-0.05, 0) is 31.4 Å². The quantitative estimate of drug-likeness (QED) is 0.784. The van der Waals surface area contributed by atoms with E-state index in [-0.39, 0.29) is 18.6 Å². The third kappa shape index (κ3) is 3.99. The molecule has 4 rings (SSSR count). The highest BCUT2D eigenvalue weighted by atomic mass is 35.5. The average Bonchev–Trinajstić information content (AvgIpc) is 3.18. The lowest BCUT2D eigenvalue weighted by molar-refractivity contribution is -0.133. The number of fused-ring (bicyclic) bond motifs is 1. The molecular formula is C19H24ClN3O4. The second kappa shape index (κ2) is 7.94. The smallest absolute Gasteiger partial charge is 0.254 e. The topological polar surface area (TPSA) is 62.3 Å². The van der Waals surface area contributed by atoms with Crippen molar-refractivity contribution in [3.8, 4) is 11.5 Å². The third-order valence-corrected chi connectivity index (χ3v) is 5.68. The van der Waals surface area contributed by atoms with Crippen molar-refractivity contribution in [2.45, 2.75) is 19.3 Å². The number of ether oxygens (including phenoxy) is 2. The Labute approximate surface area is 163 Å². The number of rotatable bonds is 3. The second-order valence-electron chi connectivity index (χ2n) is 7.20. The summed E-state index contributed by atoms with van der Waals surface area (Å²) in [5.74, 6) is 1.14. The SMILES string of the molecule is O=C(CN1CCN(C(=O)c2cc(Cl)c3c(c2)OCO3)CC1)N1CCCCC1. The maximum atomic E-state index is 12.8. The van der Waals surface area contributed by atoms with Gasteiger partial charge in [-0.15, -0.1) is 0 Å². The van der Waals surface area contributed by atoms with Crippen LogP contribution in [-0.2, 0) is 4.79 Å². The number of hydrogen-bond donors (Lipinski definition) is 0. The summed E-state index contributed by atoms with van der Waals surface area (Å²) in [6.45, 7) is 4.90. The number of carbonyl (C=O) groups excluding carboxylic acids is 2. The van der Waals surface area contributed by atoms with Crippen LogP contribution in [0.1, 0.15) is 29.6 Å². The Morgan fingerprint density at radius 3 is 2.41 bits per heavy atom. The molecular weight excluding hydrogens is 370 g/mol. The fourth-order valence-electron chi connectivity index (χ4n) is 3.82. The summed E-state index contributed by atoms with van der Waals surface area (Å²) in [5, 5.41) is 0.388. The van der Waals surface area contributed by atoms with Crippen molar-refractivity contribution < 1.29 is 19.1 Å². The third-order valence-electron chi connectivity index (χ3n) is 5.40. The van der Waals surface area contributed by atoms with Gasteiger partial charge in [0.2, 0.25) is 12.7 Å². The fraction of sp³-hybridized carbons (Fsp3) is 0.579. The average molecular weight is 394 g/mol. The van der Waals surface area contributed by atoms with Crippen LogP contribution >= 0.6 is 11.6 Å². The van der Waals surface area contributed by atoms with E-state index >= 15 is 0 Å². The molecule has 3 heterocycles. The lowest BCUT2D eigenvalue weighted by Gasteiger charge is -2.36. The Hall–Kier alpha value is -1.99. The van der Waals surface area contributed by atoms with Crippen LogP contribution in [0.4, 0.5) is 0 Å². The molecule has 1 aromatic carbocycles. The highest BCUT2D eigenvalue weighted by Gasteiger charge is 2.27. The predicted octanol–water partition coefficient (Wildman–Crippen LogP) is 1.84. The molecule has 7 nitrogen and oxygen atoms in total. The summed E-state index contributed by atoms with van der Waals surface area (Å²) >= 11 is 6.19.